The molecule has 3 atom stereocenters. The van der Waals surface area contributed by atoms with Gasteiger partial charge in [0.1, 0.15) is 5.75 Å². The zero-order valence-corrected chi connectivity index (χ0v) is 16.0. The van der Waals surface area contributed by atoms with Crippen molar-refractivity contribution in [2.24, 2.45) is 0 Å². The lowest BCUT2D eigenvalue weighted by atomic mass is 10.3. The molecule has 0 bridgehead atoms. The van der Waals surface area contributed by atoms with Crippen LogP contribution in [0.1, 0.15) is 0 Å². The molecule has 1 aliphatic rings. The fourth-order valence-electron chi connectivity index (χ4n) is 2.86. The highest BCUT2D eigenvalue weighted by molar-refractivity contribution is 7.91. The number of likely N-dealkylation sites (tertiary alicyclic amines) is 1. The highest BCUT2D eigenvalue weighted by Crippen LogP contribution is 2.28. The second kappa shape index (κ2) is 6.64. The smallest absolute Gasteiger partial charge is 0.275 e. The van der Waals surface area contributed by atoms with Gasteiger partial charge in [0, 0.05) is 0 Å². The SMILES string of the molecule is C[N+]1(CC(CS(=O)(=O)O)S(=O)(=O)O)CC(S(=O)(=O)O)C(S(=O)(=O)O)C1. The van der Waals surface area contributed by atoms with Crippen molar-refractivity contribution in [2.75, 3.05) is 32.4 Å². The maximum absolute atomic E-state index is 11.4. The number of quaternary nitrogens is 1. The molecule has 0 aromatic rings. The summed E-state index contributed by atoms with van der Waals surface area (Å²) in [4.78, 5) is 0. The molecular formula is C8H18NO12S4+. The van der Waals surface area contributed by atoms with E-state index in [0.29, 0.717) is 0 Å². The van der Waals surface area contributed by atoms with Crippen molar-refractivity contribution in [3.63, 3.8) is 0 Å². The van der Waals surface area contributed by atoms with E-state index in [0.717, 1.165) is 7.05 Å². The lowest BCUT2D eigenvalue weighted by Gasteiger charge is -2.32. The van der Waals surface area contributed by atoms with E-state index in [9.17, 15) is 33.7 Å². The summed E-state index contributed by atoms with van der Waals surface area (Å²) in [5.74, 6) is -1.41. The molecule has 1 saturated heterocycles. The summed E-state index contributed by atoms with van der Waals surface area (Å²) in [5, 5.41) is -6.06. The van der Waals surface area contributed by atoms with Crippen molar-refractivity contribution in [2.45, 2.75) is 15.7 Å². The molecule has 1 rings (SSSR count). The van der Waals surface area contributed by atoms with Crippen LogP contribution in [0.3, 0.4) is 0 Å². The van der Waals surface area contributed by atoms with Crippen molar-refractivity contribution in [3.8, 4) is 0 Å². The van der Waals surface area contributed by atoms with Gasteiger partial charge in [0.25, 0.3) is 40.5 Å². The molecule has 0 spiro atoms. The Bertz CT molecular complexity index is 891. The van der Waals surface area contributed by atoms with Crippen LogP contribution in [0, 0.1) is 0 Å². The van der Waals surface area contributed by atoms with E-state index in [4.69, 9.17) is 18.2 Å². The summed E-state index contributed by atoms with van der Waals surface area (Å²) in [6, 6.07) is 0. The fraction of sp³-hybridized carbons (Fsp3) is 1.00. The standard InChI is InChI=1S/C8H17NO12S4/c1-9(2-6(23(13,14)15)5-22(10,11)12)3-7(24(16,17)18)8(4-9)25(19,20)21/h6-8H,2-5H2,1H3,(H3-,10,11,12,13,14,15,16,17,18,19,20,21)/p+1. The van der Waals surface area contributed by atoms with Gasteiger partial charge in [-0.3, -0.25) is 18.2 Å². The van der Waals surface area contributed by atoms with E-state index in [-0.39, 0.29) is 0 Å². The van der Waals surface area contributed by atoms with Gasteiger partial charge >= 0.3 is 0 Å². The van der Waals surface area contributed by atoms with E-state index in [1.165, 1.54) is 0 Å². The Balaban J connectivity index is 3.27. The minimum absolute atomic E-state index is 0.680. The van der Waals surface area contributed by atoms with Gasteiger partial charge in [-0.15, -0.1) is 0 Å². The van der Waals surface area contributed by atoms with Crippen molar-refractivity contribution in [1.29, 1.82) is 0 Å². The maximum atomic E-state index is 11.4. The van der Waals surface area contributed by atoms with E-state index >= 15 is 0 Å². The largest absolute Gasteiger partial charge is 0.322 e. The summed E-state index contributed by atoms with van der Waals surface area (Å²) in [6.45, 7) is -2.15. The molecule has 0 aromatic heterocycles. The van der Waals surface area contributed by atoms with Crippen molar-refractivity contribution >= 4 is 40.5 Å². The Hall–Kier alpha value is -0.400. The van der Waals surface area contributed by atoms with Gasteiger partial charge in [0.2, 0.25) is 0 Å². The second-order valence-electron chi connectivity index (χ2n) is 6.16. The van der Waals surface area contributed by atoms with Crippen LogP contribution in [-0.4, -0.2) is 105 Å². The molecule has 1 aliphatic heterocycles. The van der Waals surface area contributed by atoms with Crippen LogP contribution in [0.2, 0.25) is 0 Å². The summed E-state index contributed by atoms with van der Waals surface area (Å²) >= 11 is 0. The molecule has 0 amide bonds. The predicted octanol–water partition coefficient (Wildman–Crippen LogP) is -2.90. The molecule has 0 aromatic carbocycles. The van der Waals surface area contributed by atoms with Crippen molar-refractivity contribution < 1.29 is 56.4 Å². The summed E-state index contributed by atoms with van der Waals surface area (Å²) in [6.07, 6.45) is 0. The Morgan fingerprint density at radius 2 is 1.20 bits per heavy atom. The van der Waals surface area contributed by atoms with Crippen LogP contribution >= 0.6 is 0 Å². The fourth-order valence-corrected chi connectivity index (χ4v) is 8.06. The normalized spacial score (nSPS) is 30.3. The molecule has 0 aliphatic carbocycles. The quantitative estimate of drug-likeness (QED) is 0.228. The van der Waals surface area contributed by atoms with Crippen LogP contribution < -0.4 is 0 Å². The Morgan fingerprint density at radius 3 is 1.44 bits per heavy atom. The summed E-state index contributed by atoms with van der Waals surface area (Å²) in [7, 11) is -18.6. The molecular weight excluding hydrogens is 430 g/mol. The zero-order valence-electron chi connectivity index (χ0n) is 12.7. The van der Waals surface area contributed by atoms with Crippen LogP contribution in [0.15, 0.2) is 0 Å². The minimum atomic E-state index is -5.01. The molecule has 3 unspecified atom stereocenters. The number of hydrogen-bond donors (Lipinski definition) is 4. The first-order valence-electron chi connectivity index (χ1n) is 6.42. The molecule has 1 heterocycles. The third-order valence-electron chi connectivity index (χ3n) is 3.88. The summed E-state index contributed by atoms with van der Waals surface area (Å²) in [5.41, 5.74) is 0. The van der Waals surface area contributed by atoms with Crippen molar-refractivity contribution in [1.82, 2.24) is 0 Å². The van der Waals surface area contributed by atoms with E-state index in [1.807, 2.05) is 0 Å². The molecule has 25 heavy (non-hydrogen) atoms. The van der Waals surface area contributed by atoms with Gasteiger partial charge in [0.15, 0.2) is 15.7 Å². The third kappa shape index (κ3) is 6.36. The number of nitrogens with zero attached hydrogens (tertiary/aromatic N) is 1. The number of hydrogen-bond acceptors (Lipinski definition) is 8. The highest BCUT2D eigenvalue weighted by atomic mass is 32.2. The number of rotatable bonds is 7. The van der Waals surface area contributed by atoms with Crippen LogP contribution in [-0.2, 0) is 40.5 Å². The van der Waals surface area contributed by atoms with E-state index in [1.54, 1.807) is 0 Å². The third-order valence-corrected chi connectivity index (χ3v) is 8.73. The lowest BCUT2D eigenvalue weighted by Crippen LogP contribution is -2.51. The Labute approximate surface area is 145 Å². The highest BCUT2D eigenvalue weighted by Gasteiger charge is 2.55. The molecule has 1 fully saturated rings. The van der Waals surface area contributed by atoms with Crippen LogP contribution in [0.25, 0.3) is 0 Å². The molecule has 17 heteroatoms. The van der Waals surface area contributed by atoms with Gasteiger partial charge in [-0.1, -0.05) is 0 Å². The molecule has 4 N–H and O–H groups in total. The Kier molecular flexibility index (Phi) is 6.02. The monoisotopic (exact) mass is 448 g/mol. The minimum Gasteiger partial charge on any atom is -0.322 e. The van der Waals surface area contributed by atoms with Gasteiger partial charge in [-0.25, -0.2) is 0 Å². The first-order chi connectivity index (χ1) is 10.7. The summed E-state index contributed by atoms with van der Waals surface area (Å²) < 4.78 is 125. The average Bonchev–Trinajstić information content (AvgIpc) is 2.63. The first kappa shape index (κ1) is 22.6. The predicted molar refractivity (Wildman–Crippen MR) is 83.2 cm³/mol. The van der Waals surface area contributed by atoms with Crippen LogP contribution in [0.4, 0.5) is 0 Å². The van der Waals surface area contributed by atoms with Gasteiger partial charge in [0.05, 0.1) is 26.7 Å². The van der Waals surface area contributed by atoms with E-state index < -0.39 is 86.1 Å². The van der Waals surface area contributed by atoms with Gasteiger partial charge < -0.3 is 4.48 Å². The maximum Gasteiger partial charge on any atom is 0.275 e. The van der Waals surface area contributed by atoms with Crippen molar-refractivity contribution in [3.05, 3.63) is 0 Å². The average molecular weight is 448 g/mol. The first-order valence-corrected chi connectivity index (χ1v) is 12.5. The van der Waals surface area contributed by atoms with Gasteiger partial charge in [-0.05, 0) is 0 Å². The van der Waals surface area contributed by atoms with Gasteiger partial charge in [-0.2, -0.15) is 33.7 Å². The lowest BCUT2D eigenvalue weighted by molar-refractivity contribution is -0.896. The second-order valence-corrected chi connectivity index (χ2v) is 12.6. The molecule has 150 valence electrons. The van der Waals surface area contributed by atoms with E-state index in [2.05, 4.69) is 0 Å². The Morgan fingerprint density at radius 1 is 0.840 bits per heavy atom. The molecule has 13 nitrogen and oxygen atoms in total. The zero-order chi connectivity index (χ0) is 20.1. The van der Waals surface area contributed by atoms with Crippen LogP contribution in [0.5, 0.6) is 0 Å². The topological polar surface area (TPSA) is 217 Å². The molecule has 0 saturated carbocycles. The molecule has 0 radical (unpaired) electrons.